The number of carbonyl (C=O) groups is 1. The van der Waals surface area contributed by atoms with E-state index < -0.39 is 16.3 Å². The zero-order valence-corrected chi connectivity index (χ0v) is 13.1. The molecular weight excluding hydrogens is 316 g/mol. The summed E-state index contributed by atoms with van der Waals surface area (Å²) in [5.41, 5.74) is 0. The second-order valence-electron chi connectivity index (χ2n) is 3.94. The van der Waals surface area contributed by atoms with E-state index in [4.69, 9.17) is 9.47 Å². The van der Waals surface area contributed by atoms with Crippen molar-refractivity contribution < 1.29 is 36.3 Å². The maximum absolute atomic E-state index is 10.9. The molecular formula is C13H18O8S. The molecule has 0 bridgehead atoms. The highest BCUT2D eigenvalue weighted by molar-refractivity contribution is 7.85. The molecule has 0 N–H and O–H groups in total. The van der Waals surface area contributed by atoms with Crippen LogP contribution in [0.5, 0.6) is 11.5 Å². The summed E-state index contributed by atoms with van der Waals surface area (Å²) in [7, 11) is -3.48. The van der Waals surface area contributed by atoms with Crippen LogP contribution in [0.2, 0.25) is 0 Å². The number of carbonyl (C=O) groups excluding carboxylic acids is 1. The Kier molecular flexibility index (Phi) is 7.47. The third-order valence-electron chi connectivity index (χ3n) is 2.12. The third kappa shape index (κ3) is 8.32. The minimum atomic E-state index is -3.48. The van der Waals surface area contributed by atoms with E-state index in [0.29, 0.717) is 11.5 Å². The standard InChI is InChI=1S/C13H18O8S/c1-3-17-13(14)20-10-19-12-6-4-5-11(9-12)18-7-8-21-22(2,15)16/h4-6,9H,3,7-8,10H2,1-2H3. The summed E-state index contributed by atoms with van der Waals surface area (Å²) in [6.45, 7) is 1.57. The lowest BCUT2D eigenvalue weighted by atomic mass is 10.3. The van der Waals surface area contributed by atoms with Crippen molar-refractivity contribution in [2.45, 2.75) is 6.92 Å². The third-order valence-corrected chi connectivity index (χ3v) is 2.71. The van der Waals surface area contributed by atoms with Crippen LogP contribution in [0, 0.1) is 0 Å². The van der Waals surface area contributed by atoms with Gasteiger partial charge in [-0.25, -0.2) is 4.79 Å². The Hall–Kier alpha value is -2.00. The van der Waals surface area contributed by atoms with Crippen molar-refractivity contribution in [2.75, 3.05) is 32.9 Å². The van der Waals surface area contributed by atoms with Crippen molar-refractivity contribution in [2.24, 2.45) is 0 Å². The van der Waals surface area contributed by atoms with Crippen molar-refractivity contribution in [1.29, 1.82) is 0 Å². The topological polar surface area (TPSA) is 97.4 Å². The van der Waals surface area contributed by atoms with Gasteiger partial charge in [0.2, 0.25) is 6.79 Å². The summed E-state index contributed by atoms with van der Waals surface area (Å²) >= 11 is 0. The van der Waals surface area contributed by atoms with Crippen LogP contribution in [-0.4, -0.2) is 47.4 Å². The summed E-state index contributed by atoms with van der Waals surface area (Å²) < 4.78 is 45.8. The normalized spacial score (nSPS) is 10.8. The van der Waals surface area contributed by atoms with Crippen LogP contribution in [0.15, 0.2) is 24.3 Å². The van der Waals surface area contributed by atoms with Gasteiger partial charge in [0.1, 0.15) is 24.7 Å². The van der Waals surface area contributed by atoms with Gasteiger partial charge in [-0.3, -0.25) is 4.18 Å². The van der Waals surface area contributed by atoms with Crippen LogP contribution in [0.1, 0.15) is 6.92 Å². The molecule has 1 aromatic carbocycles. The van der Waals surface area contributed by atoms with Crippen LogP contribution in [0.25, 0.3) is 0 Å². The lowest BCUT2D eigenvalue weighted by Crippen LogP contribution is -2.12. The van der Waals surface area contributed by atoms with E-state index in [-0.39, 0.29) is 26.6 Å². The maximum Gasteiger partial charge on any atom is 0.511 e. The van der Waals surface area contributed by atoms with Crippen LogP contribution >= 0.6 is 0 Å². The van der Waals surface area contributed by atoms with E-state index in [2.05, 4.69) is 13.7 Å². The van der Waals surface area contributed by atoms with Crippen molar-refractivity contribution in [3.8, 4) is 11.5 Å². The quantitative estimate of drug-likeness (QED) is 0.290. The van der Waals surface area contributed by atoms with Gasteiger partial charge in [-0.15, -0.1) is 0 Å². The molecule has 0 aliphatic heterocycles. The summed E-state index contributed by atoms with van der Waals surface area (Å²) in [4.78, 5) is 10.9. The predicted molar refractivity (Wildman–Crippen MR) is 76.3 cm³/mol. The van der Waals surface area contributed by atoms with Gasteiger partial charge in [0, 0.05) is 6.07 Å². The van der Waals surface area contributed by atoms with E-state index in [9.17, 15) is 13.2 Å². The first-order valence-electron chi connectivity index (χ1n) is 6.40. The Morgan fingerprint density at radius 2 is 1.77 bits per heavy atom. The molecule has 0 saturated carbocycles. The van der Waals surface area contributed by atoms with Crippen LogP contribution in [-0.2, 0) is 23.8 Å². The Bertz CT molecular complexity index is 569. The van der Waals surface area contributed by atoms with E-state index in [1.165, 1.54) is 0 Å². The van der Waals surface area contributed by atoms with Gasteiger partial charge in [-0.05, 0) is 19.1 Å². The van der Waals surface area contributed by atoms with Crippen molar-refractivity contribution in [1.82, 2.24) is 0 Å². The summed E-state index contributed by atoms with van der Waals surface area (Å²) in [6.07, 6.45) is 0.151. The van der Waals surface area contributed by atoms with E-state index >= 15 is 0 Å². The number of benzene rings is 1. The van der Waals surface area contributed by atoms with Crippen LogP contribution in [0.3, 0.4) is 0 Å². The molecule has 0 spiro atoms. The van der Waals surface area contributed by atoms with E-state index in [1.54, 1.807) is 31.2 Å². The van der Waals surface area contributed by atoms with Gasteiger partial charge in [-0.2, -0.15) is 8.42 Å². The molecule has 1 rings (SSSR count). The van der Waals surface area contributed by atoms with Crippen molar-refractivity contribution in [3.63, 3.8) is 0 Å². The molecule has 0 saturated heterocycles. The zero-order chi connectivity index (χ0) is 16.4. The minimum Gasteiger partial charge on any atom is -0.491 e. The van der Waals surface area contributed by atoms with Crippen LogP contribution < -0.4 is 9.47 Å². The van der Waals surface area contributed by atoms with Gasteiger partial charge < -0.3 is 18.9 Å². The second-order valence-corrected chi connectivity index (χ2v) is 5.58. The average molecular weight is 334 g/mol. The fourth-order valence-electron chi connectivity index (χ4n) is 1.30. The van der Waals surface area contributed by atoms with Gasteiger partial charge >= 0.3 is 6.16 Å². The average Bonchev–Trinajstić information content (AvgIpc) is 2.43. The lowest BCUT2D eigenvalue weighted by Gasteiger charge is -2.09. The molecule has 124 valence electrons. The maximum atomic E-state index is 10.9. The first kappa shape index (κ1) is 18.1. The molecule has 9 heteroatoms. The fraction of sp³-hybridized carbons (Fsp3) is 0.462. The molecule has 0 atom stereocenters. The Morgan fingerprint density at radius 1 is 1.09 bits per heavy atom. The highest BCUT2D eigenvalue weighted by Crippen LogP contribution is 2.19. The molecule has 0 heterocycles. The molecule has 1 aromatic rings. The number of rotatable bonds is 9. The van der Waals surface area contributed by atoms with Gasteiger partial charge in [0.15, 0.2) is 0 Å². The largest absolute Gasteiger partial charge is 0.511 e. The second kappa shape index (κ2) is 9.11. The number of hydrogen-bond donors (Lipinski definition) is 0. The summed E-state index contributed by atoms with van der Waals surface area (Å²) in [5.74, 6) is 0.886. The molecule has 0 unspecified atom stereocenters. The monoisotopic (exact) mass is 334 g/mol. The van der Waals surface area contributed by atoms with E-state index in [0.717, 1.165) is 6.26 Å². The minimum absolute atomic E-state index is 0.0653. The highest BCUT2D eigenvalue weighted by Gasteiger charge is 2.04. The van der Waals surface area contributed by atoms with E-state index in [1.807, 2.05) is 0 Å². The molecule has 8 nitrogen and oxygen atoms in total. The molecule has 0 aliphatic carbocycles. The number of hydrogen-bond acceptors (Lipinski definition) is 8. The highest BCUT2D eigenvalue weighted by atomic mass is 32.2. The number of ether oxygens (including phenoxy) is 4. The zero-order valence-electron chi connectivity index (χ0n) is 12.3. The van der Waals surface area contributed by atoms with Gasteiger partial charge in [0.25, 0.3) is 10.1 Å². The molecule has 0 aliphatic rings. The van der Waals surface area contributed by atoms with Crippen molar-refractivity contribution >= 4 is 16.3 Å². The Balaban J connectivity index is 2.34. The van der Waals surface area contributed by atoms with Gasteiger partial charge in [0.05, 0.1) is 12.9 Å². The van der Waals surface area contributed by atoms with Crippen LogP contribution in [0.4, 0.5) is 4.79 Å². The molecule has 22 heavy (non-hydrogen) atoms. The predicted octanol–water partition coefficient (Wildman–Crippen LogP) is 1.55. The lowest BCUT2D eigenvalue weighted by molar-refractivity contribution is 0.00681. The smallest absolute Gasteiger partial charge is 0.491 e. The SMILES string of the molecule is CCOC(=O)OCOc1cccc(OCCOS(C)(=O)=O)c1. The van der Waals surface area contributed by atoms with Gasteiger partial charge in [-0.1, -0.05) is 6.07 Å². The molecule has 0 fully saturated rings. The van der Waals surface area contributed by atoms with Crippen molar-refractivity contribution in [3.05, 3.63) is 24.3 Å². The first-order valence-corrected chi connectivity index (χ1v) is 8.22. The summed E-state index contributed by atoms with van der Waals surface area (Å²) in [5, 5.41) is 0. The molecule has 0 amide bonds. The molecule has 0 radical (unpaired) electrons. The fourth-order valence-corrected chi connectivity index (χ4v) is 1.67. The Labute approximate surface area is 129 Å². The Morgan fingerprint density at radius 3 is 2.41 bits per heavy atom. The molecule has 0 aromatic heterocycles. The first-order chi connectivity index (χ1) is 10.4. The summed E-state index contributed by atoms with van der Waals surface area (Å²) in [6, 6.07) is 6.55.